The first-order valence-corrected chi connectivity index (χ1v) is 6.92. The number of hydrogen-bond donors (Lipinski definition) is 1. The van der Waals surface area contributed by atoms with E-state index in [1.54, 1.807) is 12.1 Å². The molecule has 0 atom stereocenters. The van der Waals surface area contributed by atoms with Crippen LogP contribution in [0.15, 0.2) is 42.5 Å². The van der Waals surface area contributed by atoms with Gasteiger partial charge in [0, 0.05) is 24.5 Å². The molecule has 0 heterocycles. The average Bonchev–Trinajstić information content (AvgIpc) is 2.53. The highest BCUT2D eigenvalue weighted by atomic mass is 16.5. The normalized spacial score (nSPS) is 9.95. The van der Waals surface area contributed by atoms with Crippen molar-refractivity contribution in [3.8, 4) is 11.8 Å². The topological polar surface area (TPSA) is 62.3 Å². The van der Waals surface area contributed by atoms with Crippen molar-refractivity contribution in [2.24, 2.45) is 0 Å². The fourth-order valence-corrected chi connectivity index (χ4v) is 1.98. The largest absolute Gasteiger partial charge is 0.491 e. The summed E-state index contributed by atoms with van der Waals surface area (Å²) in [6.07, 6.45) is 0.940. The van der Waals surface area contributed by atoms with Gasteiger partial charge in [-0.2, -0.15) is 5.26 Å². The van der Waals surface area contributed by atoms with Crippen LogP contribution in [0.2, 0.25) is 0 Å². The van der Waals surface area contributed by atoms with E-state index in [4.69, 9.17) is 15.7 Å². The molecule has 0 saturated carbocycles. The molecule has 4 heteroatoms. The van der Waals surface area contributed by atoms with Crippen molar-refractivity contribution in [2.45, 2.75) is 13.3 Å². The molecule has 0 spiro atoms. The number of anilines is 3. The molecular formula is C17H19N3O. The Morgan fingerprint density at radius 1 is 1.14 bits per heavy atom. The van der Waals surface area contributed by atoms with E-state index >= 15 is 0 Å². The predicted molar refractivity (Wildman–Crippen MR) is 85.9 cm³/mol. The molecule has 0 bridgehead atoms. The smallest absolute Gasteiger partial charge is 0.144 e. The van der Waals surface area contributed by atoms with Crippen molar-refractivity contribution < 1.29 is 4.74 Å². The molecule has 2 rings (SSSR count). The zero-order valence-electron chi connectivity index (χ0n) is 12.3. The minimum Gasteiger partial charge on any atom is -0.491 e. The highest BCUT2D eigenvalue weighted by Gasteiger charge is 2.08. The molecule has 21 heavy (non-hydrogen) atoms. The molecule has 2 aromatic carbocycles. The lowest BCUT2D eigenvalue weighted by Crippen LogP contribution is -2.10. The lowest BCUT2D eigenvalue weighted by molar-refractivity contribution is 0.319. The fourth-order valence-electron chi connectivity index (χ4n) is 1.98. The van der Waals surface area contributed by atoms with Gasteiger partial charge in [-0.3, -0.25) is 0 Å². The van der Waals surface area contributed by atoms with E-state index in [2.05, 4.69) is 13.0 Å². The molecule has 0 amide bonds. The summed E-state index contributed by atoms with van der Waals surface area (Å²) in [5, 5.41) is 8.84. The summed E-state index contributed by atoms with van der Waals surface area (Å²) in [7, 11) is 1.97. The van der Waals surface area contributed by atoms with Gasteiger partial charge in [-0.25, -0.2) is 0 Å². The molecule has 0 radical (unpaired) electrons. The molecule has 0 fully saturated rings. The minimum atomic E-state index is 0.639. The quantitative estimate of drug-likeness (QED) is 0.849. The summed E-state index contributed by atoms with van der Waals surface area (Å²) in [6, 6.07) is 15.3. The third-order valence-corrected chi connectivity index (χ3v) is 3.23. The molecule has 2 aromatic rings. The number of nitriles is 1. The fraction of sp³-hybridized carbons (Fsp3) is 0.235. The van der Waals surface area contributed by atoms with Crippen LogP contribution in [0.25, 0.3) is 0 Å². The Hall–Kier alpha value is -2.67. The molecule has 0 saturated heterocycles. The minimum absolute atomic E-state index is 0.639. The van der Waals surface area contributed by atoms with E-state index < -0.39 is 0 Å². The Balaban J connectivity index is 2.25. The van der Waals surface area contributed by atoms with Crippen molar-refractivity contribution in [2.75, 3.05) is 24.3 Å². The standard InChI is InChI=1S/C17H19N3O/c1-3-10-21-17-11-15(8-9-16(17)19)20(2)14-6-4-13(12-18)5-7-14/h4-9,11H,3,10,19H2,1-2H3. The van der Waals surface area contributed by atoms with Crippen LogP contribution in [0.3, 0.4) is 0 Å². The number of nitrogen functional groups attached to an aromatic ring is 1. The first-order chi connectivity index (χ1) is 10.2. The Bertz CT molecular complexity index is 644. The van der Waals surface area contributed by atoms with Crippen molar-refractivity contribution in [3.05, 3.63) is 48.0 Å². The first-order valence-electron chi connectivity index (χ1n) is 6.92. The van der Waals surface area contributed by atoms with Gasteiger partial charge in [-0.1, -0.05) is 6.92 Å². The van der Waals surface area contributed by atoms with Crippen molar-refractivity contribution in [1.82, 2.24) is 0 Å². The van der Waals surface area contributed by atoms with Crippen LogP contribution in [0.1, 0.15) is 18.9 Å². The number of ether oxygens (including phenoxy) is 1. The van der Waals surface area contributed by atoms with Gasteiger partial charge in [-0.05, 0) is 42.8 Å². The Morgan fingerprint density at radius 3 is 2.43 bits per heavy atom. The number of nitrogens with two attached hydrogens (primary N) is 1. The SMILES string of the molecule is CCCOc1cc(N(C)c2ccc(C#N)cc2)ccc1N. The molecule has 4 nitrogen and oxygen atoms in total. The first kappa shape index (κ1) is 14.7. The lowest BCUT2D eigenvalue weighted by atomic mass is 10.2. The zero-order valence-corrected chi connectivity index (χ0v) is 12.3. The van der Waals surface area contributed by atoms with Gasteiger partial charge in [0.15, 0.2) is 0 Å². The van der Waals surface area contributed by atoms with Crippen LogP contribution in [0.4, 0.5) is 17.1 Å². The van der Waals surface area contributed by atoms with E-state index in [1.807, 2.05) is 42.3 Å². The highest BCUT2D eigenvalue weighted by molar-refractivity contribution is 5.68. The van der Waals surface area contributed by atoms with Crippen LogP contribution in [0.5, 0.6) is 5.75 Å². The molecule has 2 N–H and O–H groups in total. The maximum absolute atomic E-state index is 8.84. The van der Waals surface area contributed by atoms with Gasteiger partial charge in [0.25, 0.3) is 0 Å². The highest BCUT2D eigenvalue weighted by Crippen LogP contribution is 2.31. The van der Waals surface area contributed by atoms with E-state index in [-0.39, 0.29) is 0 Å². The molecule has 108 valence electrons. The lowest BCUT2D eigenvalue weighted by Gasteiger charge is -2.21. The number of rotatable bonds is 5. The summed E-state index contributed by atoms with van der Waals surface area (Å²) >= 11 is 0. The van der Waals surface area contributed by atoms with E-state index in [9.17, 15) is 0 Å². The second-order valence-corrected chi connectivity index (χ2v) is 4.79. The van der Waals surface area contributed by atoms with Crippen LogP contribution in [-0.2, 0) is 0 Å². The molecule has 0 aromatic heterocycles. The van der Waals surface area contributed by atoms with Crippen LogP contribution < -0.4 is 15.4 Å². The summed E-state index contributed by atoms with van der Waals surface area (Å²) in [5.41, 5.74) is 9.20. The van der Waals surface area contributed by atoms with Crippen LogP contribution in [-0.4, -0.2) is 13.7 Å². The number of hydrogen-bond acceptors (Lipinski definition) is 4. The van der Waals surface area contributed by atoms with Gasteiger partial charge >= 0.3 is 0 Å². The molecule has 0 aliphatic rings. The van der Waals surface area contributed by atoms with Crippen molar-refractivity contribution in [3.63, 3.8) is 0 Å². The zero-order chi connectivity index (χ0) is 15.2. The van der Waals surface area contributed by atoms with E-state index in [1.165, 1.54) is 0 Å². The van der Waals surface area contributed by atoms with Gasteiger partial charge < -0.3 is 15.4 Å². The molecule has 0 aliphatic carbocycles. The summed E-state index contributed by atoms with van der Waals surface area (Å²) < 4.78 is 5.65. The summed E-state index contributed by atoms with van der Waals surface area (Å²) in [4.78, 5) is 2.03. The third-order valence-electron chi connectivity index (χ3n) is 3.23. The van der Waals surface area contributed by atoms with Gasteiger partial charge in [0.05, 0.1) is 23.9 Å². The maximum Gasteiger partial charge on any atom is 0.144 e. The van der Waals surface area contributed by atoms with E-state index in [0.29, 0.717) is 23.6 Å². The maximum atomic E-state index is 8.84. The number of benzene rings is 2. The Labute approximate surface area is 125 Å². The monoisotopic (exact) mass is 281 g/mol. The van der Waals surface area contributed by atoms with Gasteiger partial charge in [-0.15, -0.1) is 0 Å². The second-order valence-electron chi connectivity index (χ2n) is 4.79. The number of nitrogens with zero attached hydrogens (tertiary/aromatic N) is 2. The van der Waals surface area contributed by atoms with Crippen molar-refractivity contribution >= 4 is 17.1 Å². The van der Waals surface area contributed by atoms with Crippen molar-refractivity contribution in [1.29, 1.82) is 5.26 Å². The Morgan fingerprint density at radius 2 is 1.81 bits per heavy atom. The van der Waals surface area contributed by atoms with Gasteiger partial charge in [0.1, 0.15) is 5.75 Å². The Kier molecular flexibility index (Phi) is 4.68. The molecule has 0 unspecified atom stereocenters. The predicted octanol–water partition coefficient (Wildman–Crippen LogP) is 3.70. The third kappa shape index (κ3) is 3.46. The van der Waals surface area contributed by atoms with Crippen LogP contribution in [0, 0.1) is 11.3 Å². The molecular weight excluding hydrogens is 262 g/mol. The summed E-state index contributed by atoms with van der Waals surface area (Å²) in [5.74, 6) is 0.704. The van der Waals surface area contributed by atoms with Crippen LogP contribution >= 0.6 is 0 Å². The summed E-state index contributed by atoms with van der Waals surface area (Å²) in [6.45, 7) is 2.71. The molecule has 0 aliphatic heterocycles. The average molecular weight is 281 g/mol. The second kappa shape index (κ2) is 6.67. The van der Waals surface area contributed by atoms with Gasteiger partial charge in [0.2, 0.25) is 0 Å². The van der Waals surface area contributed by atoms with E-state index in [0.717, 1.165) is 17.8 Å².